The SMILES string of the molecule is CC(C)(C)OC(=O)C[C@@H](C(=O)OC(C)(C)C)N(Cc1cccc(C(=O)O)c1)C(=O)OCc1ccc(OC(=O)c2ccc(N/C(=N\C(=O)OC(C)(C)C)NC(=O)OC(C)(C)C)cc2)cc1. The molecule has 3 amide bonds. The molecule has 0 aliphatic carbocycles. The second kappa shape index (κ2) is 21.4. The maximum absolute atomic E-state index is 13.9. The summed E-state index contributed by atoms with van der Waals surface area (Å²) in [5.74, 6) is -3.76. The predicted molar refractivity (Wildman–Crippen MR) is 234 cm³/mol. The average Bonchev–Trinajstić information content (AvgIpc) is 3.13. The summed E-state index contributed by atoms with van der Waals surface area (Å²) < 4.78 is 32.7. The maximum Gasteiger partial charge on any atom is 0.437 e. The Kier molecular flexibility index (Phi) is 17.2. The van der Waals surface area contributed by atoms with E-state index < -0.39 is 77.0 Å². The van der Waals surface area contributed by atoms with Gasteiger partial charge in [0.15, 0.2) is 0 Å². The Morgan fingerprint density at radius 2 is 1.25 bits per heavy atom. The highest BCUT2D eigenvalue weighted by Gasteiger charge is 2.38. The van der Waals surface area contributed by atoms with E-state index in [0.29, 0.717) is 16.8 Å². The summed E-state index contributed by atoms with van der Waals surface area (Å²) in [6.45, 7) is 19.2. The quantitative estimate of drug-likeness (QED) is 0.0509. The number of aromatic carboxylic acids is 1. The highest BCUT2D eigenvalue weighted by molar-refractivity contribution is 6.06. The first-order valence-electron chi connectivity index (χ1n) is 20.2. The molecule has 18 heteroatoms. The van der Waals surface area contributed by atoms with Gasteiger partial charge < -0.3 is 38.8 Å². The molecule has 1 atom stereocenters. The minimum atomic E-state index is -1.52. The number of aliphatic imine (C=N–C) groups is 1. The molecule has 0 aliphatic rings. The number of carboxylic acid groups (broad SMARTS) is 1. The first kappa shape index (κ1) is 51.4. The Labute approximate surface area is 372 Å². The van der Waals surface area contributed by atoms with Crippen molar-refractivity contribution >= 4 is 53.8 Å². The number of carbonyl (C=O) groups excluding carboxylic acids is 6. The third-order valence-electron chi connectivity index (χ3n) is 7.69. The number of guanidine groups is 1. The monoisotopic (exact) mass is 890 g/mol. The summed E-state index contributed by atoms with van der Waals surface area (Å²) in [7, 11) is 0. The lowest BCUT2D eigenvalue weighted by Crippen LogP contribution is -2.48. The van der Waals surface area contributed by atoms with Gasteiger partial charge in [-0.15, -0.1) is 4.99 Å². The minimum absolute atomic E-state index is 0.0630. The van der Waals surface area contributed by atoms with E-state index in [1.807, 2.05) is 0 Å². The molecule has 18 nitrogen and oxygen atoms in total. The molecule has 0 radical (unpaired) electrons. The molecular weight excluding hydrogens is 833 g/mol. The molecule has 346 valence electrons. The maximum atomic E-state index is 13.9. The highest BCUT2D eigenvalue weighted by Crippen LogP contribution is 2.23. The Balaban J connectivity index is 1.77. The number of benzene rings is 3. The number of esters is 3. The van der Waals surface area contributed by atoms with Crippen molar-refractivity contribution in [3.63, 3.8) is 0 Å². The van der Waals surface area contributed by atoms with E-state index in [9.17, 15) is 38.7 Å². The fourth-order valence-corrected chi connectivity index (χ4v) is 5.27. The smallest absolute Gasteiger partial charge is 0.437 e. The molecular formula is C46H58N4O14. The van der Waals surface area contributed by atoms with Gasteiger partial charge in [-0.25, -0.2) is 28.8 Å². The first-order chi connectivity index (χ1) is 29.4. The summed E-state index contributed by atoms with van der Waals surface area (Å²) in [5.41, 5.74) is -2.38. The lowest BCUT2D eigenvalue weighted by Gasteiger charge is -2.32. The van der Waals surface area contributed by atoms with Crippen LogP contribution in [-0.2, 0) is 46.4 Å². The predicted octanol–water partition coefficient (Wildman–Crippen LogP) is 8.41. The van der Waals surface area contributed by atoms with Crippen molar-refractivity contribution in [1.82, 2.24) is 10.2 Å². The molecule has 64 heavy (non-hydrogen) atoms. The van der Waals surface area contributed by atoms with Crippen LogP contribution < -0.4 is 15.4 Å². The summed E-state index contributed by atoms with van der Waals surface area (Å²) in [4.78, 5) is 95.0. The molecule has 0 saturated heterocycles. The van der Waals surface area contributed by atoms with Gasteiger partial charge in [-0.2, -0.15) is 0 Å². The van der Waals surface area contributed by atoms with Crippen molar-refractivity contribution in [2.75, 3.05) is 5.32 Å². The third kappa shape index (κ3) is 19.0. The van der Waals surface area contributed by atoms with E-state index in [0.717, 1.165) is 4.90 Å². The van der Waals surface area contributed by atoms with Gasteiger partial charge in [0.1, 0.15) is 40.8 Å². The van der Waals surface area contributed by atoms with Crippen LogP contribution in [-0.4, -0.2) is 86.6 Å². The molecule has 0 unspecified atom stereocenters. The molecule has 3 aromatic carbocycles. The molecule has 0 saturated carbocycles. The standard InChI is InChI=1S/C46H58N4O14/c1-43(2,3)61-35(51)25-34(38(55)62-44(4,5)6)50(26-29-14-13-15-31(24-29)36(52)53)42(58)59-27-28-16-22-33(23-17-28)60-37(54)30-18-20-32(21-19-30)47-39(48-40(56)63-45(7,8)9)49-41(57)64-46(10,11)12/h13-24,34H,25-27H2,1-12H3,(H,52,53)(H2,47,48,49,56,57)/t34-/m0/s1. The number of anilines is 1. The van der Waals surface area contributed by atoms with Gasteiger partial charge in [0, 0.05) is 12.2 Å². The number of carbonyl (C=O) groups is 7. The fourth-order valence-electron chi connectivity index (χ4n) is 5.27. The van der Waals surface area contributed by atoms with Gasteiger partial charge in [-0.1, -0.05) is 24.3 Å². The zero-order chi connectivity index (χ0) is 48.2. The molecule has 0 aliphatic heterocycles. The molecule has 3 N–H and O–H groups in total. The van der Waals surface area contributed by atoms with Crippen LogP contribution in [0.4, 0.5) is 20.1 Å². The van der Waals surface area contributed by atoms with E-state index >= 15 is 0 Å². The van der Waals surface area contributed by atoms with Crippen LogP contribution in [0.3, 0.4) is 0 Å². The van der Waals surface area contributed by atoms with Crippen molar-refractivity contribution in [3.8, 4) is 5.75 Å². The van der Waals surface area contributed by atoms with Crippen LogP contribution in [0.1, 0.15) is 121 Å². The number of amides is 3. The number of alkyl carbamates (subject to hydrolysis) is 1. The molecule has 0 fully saturated rings. The lowest BCUT2D eigenvalue weighted by molar-refractivity contribution is -0.168. The van der Waals surface area contributed by atoms with Crippen LogP contribution in [0.15, 0.2) is 77.8 Å². The van der Waals surface area contributed by atoms with E-state index in [-0.39, 0.29) is 36.0 Å². The fraction of sp³-hybridized carbons (Fsp3) is 0.435. The Bertz CT molecular complexity index is 2190. The number of rotatable bonds is 12. The number of ether oxygens (including phenoxy) is 6. The van der Waals surface area contributed by atoms with Crippen molar-refractivity contribution in [3.05, 3.63) is 95.1 Å². The van der Waals surface area contributed by atoms with Gasteiger partial charge in [0.25, 0.3) is 0 Å². The zero-order valence-electron chi connectivity index (χ0n) is 38.3. The van der Waals surface area contributed by atoms with Crippen LogP contribution in [0.25, 0.3) is 0 Å². The Morgan fingerprint density at radius 3 is 1.80 bits per heavy atom. The normalized spacial score (nSPS) is 12.5. The zero-order valence-corrected chi connectivity index (χ0v) is 38.3. The van der Waals surface area contributed by atoms with Gasteiger partial charge in [-0.3, -0.25) is 15.0 Å². The van der Waals surface area contributed by atoms with Crippen molar-refractivity contribution in [1.29, 1.82) is 0 Å². The van der Waals surface area contributed by atoms with E-state index in [2.05, 4.69) is 15.6 Å². The van der Waals surface area contributed by atoms with Crippen LogP contribution in [0, 0.1) is 0 Å². The lowest BCUT2D eigenvalue weighted by atomic mass is 10.1. The van der Waals surface area contributed by atoms with Gasteiger partial charge in [0.05, 0.1) is 17.5 Å². The number of carboxylic acids is 1. The molecule has 3 rings (SSSR count). The van der Waals surface area contributed by atoms with Crippen LogP contribution >= 0.6 is 0 Å². The van der Waals surface area contributed by atoms with Crippen molar-refractivity contribution in [2.45, 2.75) is 131 Å². The van der Waals surface area contributed by atoms with E-state index in [1.165, 1.54) is 54.6 Å². The van der Waals surface area contributed by atoms with E-state index in [4.69, 9.17) is 28.4 Å². The highest BCUT2D eigenvalue weighted by atomic mass is 16.6. The van der Waals surface area contributed by atoms with Crippen molar-refractivity contribution in [2.24, 2.45) is 4.99 Å². The summed E-state index contributed by atoms with van der Waals surface area (Å²) in [6.07, 6.45) is -3.46. The van der Waals surface area contributed by atoms with E-state index in [1.54, 1.807) is 101 Å². The first-order valence-corrected chi connectivity index (χ1v) is 20.2. The number of nitrogens with zero attached hydrogens (tertiary/aromatic N) is 2. The van der Waals surface area contributed by atoms with Gasteiger partial charge in [-0.05, 0) is 143 Å². The summed E-state index contributed by atoms with van der Waals surface area (Å²) in [6, 6.07) is 16.1. The topological polar surface area (TPSA) is 235 Å². The van der Waals surface area contributed by atoms with Crippen molar-refractivity contribution < 1.29 is 67.1 Å². The summed E-state index contributed by atoms with van der Waals surface area (Å²) in [5, 5.41) is 14.7. The largest absolute Gasteiger partial charge is 0.478 e. The number of hydrogen-bond donors (Lipinski definition) is 3. The Morgan fingerprint density at radius 1 is 0.672 bits per heavy atom. The number of hydrogen-bond acceptors (Lipinski definition) is 13. The van der Waals surface area contributed by atoms with Gasteiger partial charge in [0.2, 0.25) is 5.96 Å². The van der Waals surface area contributed by atoms with Gasteiger partial charge >= 0.3 is 42.2 Å². The second-order valence-corrected chi connectivity index (χ2v) is 18.3. The van der Waals surface area contributed by atoms with Crippen LogP contribution in [0.5, 0.6) is 5.75 Å². The molecule has 0 aromatic heterocycles. The van der Waals surface area contributed by atoms with Crippen LogP contribution in [0.2, 0.25) is 0 Å². The minimum Gasteiger partial charge on any atom is -0.478 e. The summed E-state index contributed by atoms with van der Waals surface area (Å²) >= 11 is 0. The molecule has 0 spiro atoms. The average molecular weight is 891 g/mol. The number of nitrogens with one attached hydrogen (secondary N) is 2. The Hall–Kier alpha value is -6.98. The third-order valence-corrected chi connectivity index (χ3v) is 7.69. The molecule has 3 aromatic rings. The molecule has 0 bridgehead atoms. The molecule has 0 heterocycles. The second-order valence-electron chi connectivity index (χ2n) is 18.3.